The van der Waals surface area contributed by atoms with Crippen molar-refractivity contribution in [2.24, 2.45) is 10.7 Å². The lowest BCUT2D eigenvalue weighted by Gasteiger charge is -2.24. The van der Waals surface area contributed by atoms with Gasteiger partial charge in [-0.15, -0.1) is 0 Å². The van der Waals surface area contributed by atoms with Crippen molar-refractivity contribution in [1.82, 2.24) is 14.7 Å². The lowest BCUT2D eigenvalue weighted by molar-refractivity contribution is -0.137. The van der Waals surface area contributed by atoms with E-state index in [4.69, 9.17) is 17.3 Å². The molecule has 10 nitrogen and oxygen atoms in total. The van der Waals surface area contributed by atoms with Crippen LogP contribution >= 0.6 is 11.6 Å². The predicted octanol–water partition coefficient (Wildman–Crippen LogP) is 4.14. The maximum Gasteiger partial charge on any atom is 0.269 e. The summed E-state index contributed by atoms with van der Waals surface area (Å²) in [6.45, 7) is -0.813. The molecule has 1 aliphatic rings. The first kappa shape index (κ1) is 27.6. The van der Waals surface area contributed by atoms with Gasteiger partial charge in [0.1, 0.15) is 18.8 Å². The number of likely N-dealkylation sites (tertiary alicyclic amines) is 1. The number of alkyl halides is 1. The molecule has 3 amide bonds. The molecule has 2 heterocycles. The van der Waals surface area contributed by atoms with Gasteiger partial charge >= 0.3 is 0 Å². The van der Waals surface area contributed by atoms with Crippen molar-refractivity contribution in [3.63, 3.8) is 0 Å². The Hall–Kier alpha value is -4.93. The Morgan fingerprint density at radius 3 is 2.61 bits per heavy atom. The molecule has 0 radical (unpaired) electrons. The molecule has 0 unspecified atom stereocenters. The minimum Gasteiger partial charge on any atom is -0.364 e. The number of rotatable bonds is 7. The maximum atomic E-state index is 15.4. The first-order chi connectivity index (χ1) is 19.7. The number of nitrogens with zero attached hydrogens (tertiary/aromatic N) is 4. The number of hydrogen-bond acceptors (Lipinski definition) is 6. The summed E-state index contributed by atoms with van der Waals surface area (Å²) in [6, 6.07) is 14.2. The maximum absolute atomic E-state index is 15.4. The molecule has 0 bridgehead atoms. The summed E-state index contributed by atoms with van der Waals surface area (Å²) >= 11 is 6.21. The van der Waals surface area contributed by atoms with Gasteiger partial charge in [0.25, 0.3) is 5.91 Å². The van der Waals surface area contributed by atoms with Gasteiger partial charge in [0.05, 0.1) is 23.4 Å². The molecule has 0 saturated carbocycles. The molecule has 41 heavy (non-hydrogen) atoms. The molecule has 3 N–H and O–H groups in total. The lowest BCUT2D eigenvalue weighted by atomic mass is 10.0. The summed E-state index contributed by atoms with van der Waals surface area (Å²) < 4.78 is 31.1. The number of nitrogens with one attached hydrogen (secondary N) is 1. The molecule has 13 heteroatoms. The van der Waals surface area contributed by atoms with E-state index < -0.39 is 42.3 Å². The number of benzene rings is 3. The fourth-order valence-corrected chi connectivity index (χ4v) is 5.09. The largest absolute Gasteiger partial charge is 0.364 e. The fourth-order valence-electron chi connectivity index (χ4n) is 4.85. The molecular formula is C28H21ClF2N6O4. The number of carbonyl (C=O) groups excluding carboxylic acids is 4. The Morgan fingerprint density at radius 2 is 1.88 bits per heavy atom. The van der Waals surface area contributed by atoms with Crippen molar-refractivity contribution in [3.8, 4) is 11.1 Å². The molecule has 1 saturated heterocycles. The average Bonchev–Trinajstić information content (AvgIpc) is 3.51. The highest BCUT2D eigenvalue weighted by Crippen LogP contribution is 2.33. The number of isocyanates is 1. The monoisotopic (exact) mass is 578 g/mol. The first-order valence-corrected chi connectivity index (χ1v) is 12.7. The first-order valence-electron chi connectivity index (χ1n) is 12.3. The topological polar surface area (TPSA) is 140 Å². The van der Waals surface area contributed by atoms with Crippen LogP contribution in [0.1, 0.15) is 16.9 Å². The average molecular weight is 579 g/mol. The predicted molar refractivity (Wildman–Crippen MR) is 147 cm³/mol. The van der Waals surface area contributed by atoms with Gasteiger partial charge < -0.3 is 16.0 Å². The molecule has 0 aliphatic carbocycles. The van der Waals surface area contributed by atoms with E-state index in [2.05, 4.69) is 15.4 Å². The molecule has 1 fully saturated rings. The number of aliphatic imine (C=N–C) groups is 1. The number of hydrogen-bond donors (Lipinski definition) is 2. The second-order valence-electron chi connectivity index (χ2n) is 9.31. The Kier molecular flexibility index (Phi) is 7.60. The molecule has 3 aromatic carbocycles. The SMILES string of the molecule is NC(=O)c1nn(CC(=O)N2C[C@H](F)C[C@H]2C(=O)Nc2cccc(-c3ccccc3Cl)c2F)c2ccc(N=C=O)cc12. The van der Waals surface area contributed by atoms with E-state index in [0.29, 0.717) is 16.1 Å². The second kappa shape index (κ2) is 11.3. The molecule has 4 aromatic rings. The number of primary amides is 1. The molecule has 208 valence electrons. The van der Waals surface area contributed by atoms with Crippen molar-refractivity contribution < 1.29 is 28.0 Å². The standard InChI is InChI=1S/C28H21ClF2N6O4/c29-20-6-2-1-4-17(20)18-5-3-7-21(25(18)31)34-28(41)23-10-15(30)12-36(23)24(39)13-37-22-9-8-16(33-14-38)11-19(22)26(35-37)27(32)40/h1-9,11,15,23H,10,12-13H2,(H2,32,40)(H,34,41)/t15-,23+/m1/s1. The fraction of sp³-hybridized carbons (Fsp3) is 0.179. The van der Waals surface area contributed by atoms with Gasteiger partial charge in [0.2, 0.25) is 17.9 Å². The van der Waals surface area contributed by atoms with Crippen molar-refractivity contribution in [3.05, 3.63) is 77.2 Å². The number of carbonyl (C=O) groups is 3. The van der Waals surface area contributed by atoms with Crippen LogP contribution in [-0.2, 0) is 20.9 Å². The summed E-state index contributed by atoms with van der Waals surface area (Å²) in [5.74, 6) is -3.04. The van der Waals surface area contributed by atoms with Crippen LogP contribution in [0, 0.1) is 5.82 Å². The molecule has 5 rings (SSSR count). The third-order valence-electron chi connectivity index (χ3n) is 6.72. The summed E-state index contributed by atoms with van der Waals surface area (Å²) in [7, 11) is 0. The van der Waals surface area contributed by atoms with Gasteiger partial charge in [0.15, 0.2) is 11.5 Å². The van der Waals surface area contributed by atoms with E-state index in [9.17, 15) is 23.6 Å². The molecule has 1 aliphatic heterocycles. The molecule has 1 aromatic heterocycles. The van der Waals surface area contributed by atoms with Gasteiger partial charge in [0, 0.05) is 28.0 Å². The van der Waals surface area contributed by atoms with Gasteiger partial charge in [-0.05, 0) is 30.3 Å². The van der Waals surface area contributed by atoms with Crippen molar-refractivity contribution >= 4 is 57.7 Å². The Bertz CT molecular complexity index is 1750. The van der Waals surface area contributed by atoms with Crippen molar-refractivity contribution in [1.29, 1.82) is 0 Å². The van der Waals surface area contributed by atoms with Crippen LogP contribution in [0.4, 0.5) is 20.2 Å². The zero-order valence-electron chi connectivity index (χ0n) is 21.2. The number of anilines is 1. The Morgan fingerprint density at radius 1 is 1.12 bits per heavy atom. The van der Waals surface area contributed by atoms with E-state index >= 15 is 4.39 Å². The van der Waals surface area contributed by atoms with Gasteiger partial charge in [-0.3, -0.25) is 19.1 Å². The van der Waals surface area contributed by atoms with Crippen LogP contribution in [0.3, 0.4) is 0 Å². The normalized spacial score (nSPS) is 16.4. The summed E-state index contributed by atoms with van der Waals surface area (Å²) in [5.41, 5.74) is 6.23. The minimum absolute atomic E-state index is 0.153. The van der Waals surface area contributed by atoms with Gasteiger partial charge in [-0.2, -0.15) is 10.1 Å². The van der Waals surface area contributed by atoms with Crippen LogP contribution in [0.2, 0.25) is 5.02 Å². The Labute approximate surface area is 236 Å². The molecule has 2 atom stereocenters. The van der Waals surface area contributed by atoms with E-state index in [1.165, 1.54) is 47.2 Å². The highest BCUT2D eigenvalue weighted by atomic mass is 35.5. The van der Waals surface area contributed by atoms with Crippen LogP contribution < -0.4 is 11.1 Å². The summed E-state index contributed by atoms with van der Waals surface area (Å²) in [5, 5.41) is 7.16. The number of fused-ring (bicyclic) bond motifs is 1. The molecule has 0 spiro atoms. The minimum atomic E-state index is -1.49. The zero-order chi connectivity index (χ0) is 29.3. The number of halogens is 3. The summed E-state index contributed by atoms with van der Waals surface area (Å²) in [6.07, 6.45) is -0.385. The smallest absolute Gasteiger partial charge is 0.269 e. The third kappa shape index (κ3) is 5.43. The van der Waals surface area contributed by atoms with E-state index in [1.807, 2.05) is 0 Å². The second-order valence-corrected chi connectivity index (χ2v) is 9.71. The quantitative estimate of drug-likeness (QED) is 0.251. The third-order valence-corrected chi connectivity index (χ3v) is 7.05. The van der Waals surface area contributed by atoms with Crippen LogP contribution in [0.25, 0.3) is 22.0 Å². The van der Waals surface area contributed by atoms with Gasteiger partial charge in [-0.25, -0.2) is 13.6 Å². The number of amides is 3. The van der Waals surface area contributed by atoms with Crippen molar-refractivity contribution in [2.45, 2.75) is 25.2 Å². The van der Waals surface area contributed by atoms with E-state index in [1.54, 1.807) is 24.3 Å². The van der Waals surface area contributed by atoms with Crippen molar-refractivity contribution in [2.75, 3.05) is 11.9 Å². The number of aromatic nitrogens is 2. The van der Waals surface area contributed by atoms with Crippen LogP contribution in [0.5, 0.6) is 0 Å². The molecular weight excluding hydrogens is 558 g/mol. The highest BCUT2D eigenvalue weighted by Gasteiger charge is 2.40. The Balaban J connectivity index is 1.39. The zero-order valence-corrected chi connectivity index (χ0v) is 21.9. The van der Waals surface area contributed by atoms with Gasteiger partial charge in [-0.1, -0.05) is 41.9 Å². The highest BCUT2D eigenvalue weighted by molar-refractivity contribution is 6.33. The van der Waals surface area contributed by atoms with E-state index in [0.717, 1.165) is 4.90 Å². The number of nitrogens with two attached hydrogens (primary N) is 1. The van der Waals surface area contributed by atoms with E-state index in [-0.39, 0.29) is 41.0 Å². The van der Waals surface area contributed by atoms with Crippen LogP contribution in [0.15, 0.2) is 65.7 Å². The summed E-state index contributed by atoms with van der Waals surface area (Å²) in [4.78, 5) is 53.7. The van der Waals surface area contributed by atoms with Crippen LogP contribution in [-0.4, -0.2) is 57.2 Å². The lowest BCUT2D eigenvalue weighted by Crippen LogP contribution is -2.44.